The Hall–Kier alpha value is -2.50. The van der Waals surface area contributed by atoms with Gasteiger partial charge in [-0.2, -0.15) is 4.98 Å². The first-order chi connectivity index (χ1) is 9.51. The van der Waals surface area contributed by atoms with Gasteiger partial charge in [0, 0.05) is 11.9 Å². The number of aryl methyl sites for hydroxylation is 2. The summed E-state index contributed by atoms with van der Waals surface area (Å²) in [5.74, 6) is -0.799. The summed E-state index contributed by atoms with van der Waals surface area (Å²) in [6.07, 6.45) is 1.38. The van der Waals surface area contributed by atoms with E-state index in [-0.39, 0.29) is 11.9 Å². The highest BCUT2D eigenvalue weighted by molar-refractivity contribution is 6.05. The standard InChI is InChI=1S/C14H14FN3O2/c1-8-4-5-10(15)6-12(8)18-13(19)11-7-16-14(20-3)17-9(11)2/h4-7H,1-3H3,(H,18,19). The van der Waals surface area contributed by atoms with E-state index in [0.717, 1.165) is 5.56 Å². The van der Waals surface area contributed by atoms with Gasteiger partial charge in [0.2, 0.25) is 0 Å². The van der Waals surface area contributed by atoms with Crippen molar-refractivity contribution in [2.24, 2.45) is 0 Å². The first-order valence-corrected chi connectivity index (χ1v) is 5.96. The number of hydrogen-bond donors (Lipinski definition) is 1. The third-order valence-corrected chi connectivity index (χ3v) is 2.83. The highest BCUT2D eigenvalue weighted by Crippen LogP contribution is 2.18. The van der Waals surface area contributed by atoms with Gasteiger partial charge in [0.05, 0.1) is 18.4 Å². The number of anilines is 1. The monoisotopic (exact) mass is 275 g/mol. The smallest absolute Gasteiger partial charge is 0.316 e. The zero-order chi connectivity index (χ0) is 14.7. The lowest BCUT2D eigenvalue weighted by Gasteiger charge is -2.10. The number of ether oxygens (including phenoxy) is 1. The van der Waals surface area contributed by atoms with Crippen LogP contribution in [0.3, 0.4) is 0 Å². The molecule has 0 saturated heterocycles. The Morgan fingerprint density at radius 1 is 1.35 bits per heavy atom. The third-order valence-electron chi connectivity index (χ3n) is 2.83. The molecule has 0 atom stereocenters. The minimum Gasteiger partial charge on any atom is -0.467 e. The summed E-state index contributed by atoms with van der Waals surface area (Å²) in [7, 11) is 1.45. The van der Waals surface area contributed by atoms with Crippen LogP contribution in [0.4, 0.5) is 10.1 Å². The summed E-state index contributed by atoms with van der Waals surface area (Å²) in [6.45, 7) is 3.46. The Labute approximate surface area is 115 Å². The molecule has 0 fully saturated rings. The minimum absolute atomic E-state index is 0.195. The van der Waals surface area contributed by atoms with Gasteiger partial charge in [-0.3, -0.25) is 4.79 Å². The Morgan fingerprint density at radius 2 is 2.10 bits per heavy atom. The molecule has 1 aromatic heterocycles. The van der Waals surface area contributed by atoms with Crippen LogP contribution in [0, 0.1) is 19.7 Å². The second kappa shape index (κ2) is 5.64. The molecule has 0 aliphatic carbocycles. The maximum absolute atomic E-state index is 13.2. The van der Waals surface area contributed by atoms with E-state index < -0.39 is 5.82 Å². The quantitative estimate of drug-likeness (QED) is 0.934. The summed E-state index contributed by atoms with van der Waals surface area (Å²) in [5, 5.41) is 2.65. The lowest BCUT2D eigenvalue weighted by Crippen LogP contribution is -2.15. The SMILES string of the molecule is COc1ncc(C(=O)Nc2cc(F)ccc2C)c(C)n1. The third kappa shape index (κ3) is 2.90. The van der Waals surface area contributed by atoms with E-state index in [0.29, 0.717) is 16.9 Å². The number of methoxy groups -OCH3 is 1. The molecule has 0 saturated carbocycles. The fraction of sp³-hybridized carbons (Fsp3) is 0.214. The molecule has 1 N–H and O–H groups in total. The van der Waals surface area contributed by atoms with Crippen molar-refractivity contribution in [1.29, 1.82) is 0 Å². The first-order valence-electron chi connectivity index (χ1n) is 5.96. The number of carbonyl (C=O) groups is 1. The van der Waals surface area contributed by atoms with E-state index in [1.807, 2.05) is 0 Å². The fourth-order valence-corrected chi connectivity index (χ4v) is 1.69. The molecule has 0 aliphatic rings. The normalized spacial score (nSPS) is 10.2. The van der Waals surface area contributed by atoms with Gasteiger partial charge in [0.25, 0.3) is 5.91 Å². The Kier molecular flexibility index (Phi) is 3.93. The van der Waals surface area contributed by atoms with E-state index >= 15 is 0 Å². The number of rotatable bonds is 3. The molecule has 0 unspecified atom stereocenters. The van der Waals surface area contributed by atoms with Crippen LogP contribution in [0.2, 0.25) is 0 Å². The van der Waals surface area contributed by atoms with E-state index in [4.69, 9.17) is 4.74 Å². The van der Waals surface area contributed by atoms with Crippen molar-refractivity contribution in [1.82, 2.24) is 9.97 Å². The molecule has 20 heavy (non-hydrogen) atoms. The average Bonchev–Trinajstić information content (AvgIpc) is 2.42. The average molecular weight is 275 g/mol. The predicted molar refractivity (Wildman–Crippen MR) is 72.4 cm³/mol. The molecular weight excluding hydrogens is 261 g/mol. The van der Waals surface area contributed by atoms with Crippen molar-refractivity contribution in [3.63, 3.8) is 0 Å². The molecular formula is C14H14FN3O2. The van der Waals surface area contributed by atoms with Crippen molar-refractivity contribution in [2.45, 2.75) is 13.8 Å². The van der Waals surface area contributed by atoms with Gasteiger partial charge in [-0.05, 0) is 31.5 Å². The number of aromatic nitrogens is 2. The van der Waals surface area contributed by atoms with Crippen molar-refractivity contribution in [2.75, 3.05) is 12.4 Å². The molecule has 0 bridgehead atoms. The van der Waals surface area contributed by atoms with Crippen molar-refractivity contribution in [3.05, 3.63) is 47.0 Å². The first kappa shape index (κ1) is 13.9. The zero-order valence-electron chi connectivity index (χ0n) is 11.4. The summed E-state index contributed by atoms with van der Waals surface area (Å²) in [4.78, 5) is 20.1. The number of hydrogen-bond acceptors (Lipinski definition) is 4. The zero-order valence-corrected chi connectivity index (χ0v) is 11.4. The molecule has 5 nitrogen and oxygen atoms in total. The molecule has 104 valence electrons. The molecule has 1 heterocycles. The van der Waals surface area contributed by atoms with E-state index in [1.165, 1.54) is 25.4 Å². The highest BCUT2D eigenvalue weighted by atomic mass is 19.1. The van der Waals surface area contributed by atoms with E-state index in [9.17, 15) is 9.18 Å². The summed E-state index contributed by atoms with van der Waals surface area (Å²) in [6, 6.07) is 4.41. The van der Waals surface area contributed by atoms with E-state index in [2.05, 4.69) is 15.3 Å². The van der Waals surface area contributed by atoms with Crippen LogP contribution in [-0.2, 0) is 0 Å². The topological polar surface area (TPSA) is 64.1 Å². The van der Waals surface area contributed by atoms with Gasteiger partial charge in [-0.1, -0.05) is 6.07 Å². The molecule has 0 spiro atoms. The van der Waals surface area contributed by atoms with Gasteiger partial charge in [-0.25, -0.2) is 9.37 Å². The molecule has 1 amide bonds. The van der Waals surface area contributed by atoms with Crippen LogP contribution < -0.4 is 10.1 Å². The molecule has 0 radical (unpaired) electrons. The number of nitrogens with one attached hydrogen (secondary N) is 1. The van der Waals surface area contributed by atoms with Gasteiger partial charge in [0.1, 0.15) is 5.82 Å². The van der Waals surface area contributed by atoms with Gasteiger partial charge in [0.15, 0.2) is 0 Å². The summed E-state index contributed by atoms with van der Waals surface area (Å²) >= 11 is 0. The van der Waals surface area contributed by atoms with Crippen molar-refractivity contribution < 1.29 is 13.9 Å². The summed E-state index contributed by atoms with van der Waals surface area (Å²) < 4.78 is 18.1. The number of nitrogens with zero attached hydrogens (tertiary/aromatic N) is 2. The number of halogens is 1. The van der Waals surface area contributed by atoms with Crippen molar-refractivity contribution in [3.8, 4) is 6.01 Å². The van der Waals surface area contributed by atoms with Crippen LogP contribution in [0.1, 0.15) is 21.6 Å². The second-order valence-electron chi connectivity index (χ2n) is 4.27. The highest BCUT2D eigenvalue weighted by Gasteiger charge is 2.13. The van der Waals surface area contributed by atoms with Crippen molar-refractivity contribution >= 4 is 11.6 Å². The largest absolute Gasteiger partial charge is 0.467 e. The maximum Gasteiger partial charge on any atom is 0.316 e. The minimum atomic E-state index is -0.409. The van der Waals surface area contributed by atoms with Gasteiger partial charge >= 0.3 is 6.01 Å². The fourth-order valence-electron chi connectivity index (χ4n) is 1.69. The van der Waals surface area contributed by atoms with Crippen LogP contribution in [0.25, 0.3) is 0 Å². The Balaban J connectivity index is 2.26. The Bertz CT molecular complexity index is 659. The molecule has 1 aromatic carbocycles. The summed E-state index contributed by atoms with van der Waals surface area (Å²) in [5.41, 5.74) is 2.00. The Morgan fingerprint density at radius 3 is 2.75 bits per heavy atom. The van der Waals surface area contributed by atoms with Gasteiger partial charge in [-0.15, -0.1) is 0 Å². The molecule has 0 aliphatic heterocycles. The van der Waals surface area contributed by atoms with Crippen LogP contribution in [-0.4, -0.2) is 23.0 Å². The van der Waals surface area contributed by atoms with Crippen LogP contribution in [0.5, 0.6) is 6.01 Å². The van der Waals surface area contributed by atoms with Crippen LogP contribution >= 0.6 is 0 Å². The lowest BCUT2D eigenvalue weighted by molar-refractivity contribution is 0.102. The van der Waals surface area contributed by atoms with Gasteiger partial charge < -0.3 is 10.1 Å². The number of carbonyl (C=O) groups excluding carboxylic acids is 1. The number of benzene rings is 1. The van der Waals surface area contributed by atoms with E-state index in [1.54, 1.807) is 19.9 Å². The maximum atomic E-state index is 13.2. The lowest BCUT2D eigenvalue weighted by atomic mass is 10.1. The molecule has 6 heteroatoms. The van der Waals surface area contributed by atoms with Crippen LogP contribution in [0.15, 0.2) is 24.4 Å². The predicted octanol–water partition coefficient (Wildman–Crippen LogP) is 2.49. The molecule has 2 aromatic rings. The molecule has 2 rings (SSSR count). The number of amides is 1. The second-order valence-corrected chi connectivity index (χ2v) is 4.27.